The molecule has 0 radical (unpaired) electrons. The summed E-state index contributed by atoms with van der Waals surface area (Å²) < 4.78 is 5.11. The van der Waals surface area contributed by atoms with Gasteiger partial charge in [0.15, 0.2) is 0 Å². The quantitative estimate of drug-likeness (QED) is 0.855. The average Bonchev–Trinajstić information content (AvgIpc) is 2.78. The summed E-state index contributed by atoms with van der Waals surface area (Å²) in [5.41, 5.74) is 1.02. The second-order valence-electron chi connectivity index (χ2n) is 4.70. The summed E-state index contributed by atoms with van der Waals surface area (Å²) >= 11 is 0. The first-order chi connectivity index (χ1) is 8.19. The third-order valence-corrected chi connectivity index (χ3v) is 3.37. The molecule has 1 N–H and O–H groups in total. The van der Waals surface area contributed by atoms with Gasteiger partial charge < -0.3 is 9.84 Å². The maximum Gasteiger partial charge on any atom is 0.213 e. The molecular weight excluding hydrogens is 216 g/mol. The standard InChI is InChI=1S/C13H20N2O2/c1-10(16)11-6-7-15(8-11)9-12-4-3-5-13(14-12)17-2/h3-5,10-11,16H,6-9H2,1-2H3. The van der Waals surface area contributed by atoms with Gasteiger partial charge in [-0.3, -0.25) is 4.90 Å². The lowest BCUT2D eigenvalue weighted by atomic mass is 10.0. The molecule has 1 aromatic rings. The molecule has 4 nitrogen and oxygen atoms in total. The smallest absolute Gasteiger partial charge is 0.213 e. The van der Waals surface area contributed by atoms with Crippen molar-refractivity contribution in [2.45, 2.75) is 26.0 Å². The van der Waals surface area contributed by atoms with E-state index in [1.807, 2.05) is 25.1 Å². The van der Waals surface area contributed by atoms with Crippen molar-refractivity contribution >= 4 is 0 Å². The van der Waals surface area contributed by atoms with Crippen LogP contribution < -0.4 is 4.74 Å². The van der Waals surface area contributed by atoms with E-state index < -0.39 is 0 Å². The van der Waals surface area contributed by atoms with Gasteiger partial charge in [0, 0.05) is 19.2 Å². The van der Waals surface area contributed by atoms with Crippen molar-refractivity contribution in [3.63, 3.8) is 0 Å². The van der Waals surface area contributed by atoms with Crippen molar-refractivity contribution in [3.05, 3.63) is 23.9 Å². The molecule has 94 valence electrons. The average molecular weight is 236 g/mol. The molecule has 1 aliphatic rings. The van der Waals surface area contributed by atoms with E-state index in [1.54, 1.807) is 7.11 Å². The summed E-state index contributed by atoms with van der Waals surface area (Å²) in [7, 11) is 1.63. The van der Waals surface area contributed by atoms with E-state index in [0.717, 1.165) is 31.7 Å². The van der Waals surface area contributed by atoms with Crippen molar-refractivity contribution in [3.8, 4) is 5.88 Å². The minimum atomic E-state index is -0.210. The molecule has 0 aliphatic carbocycles. The van der Waals surface area contributed by atoms with Crippen LogP contribution in [0.1, 0.15) is 19.0 Å². The van der Waals surface area contributed by atoms with Crippen LogP contribution in [0.25, 0.3) is 0 Å². The van der Waals surface area contributed by atoms with Crippen LogP contribution in [0.4, 0.5) is 0 Å². The van der Waals surface area contributed by atoms with Crippen LogP contribution in [0.2, 0.25) is 0 Å². The summed E-state index contributed by atoms with van der Waals surface area (Å²) in [6.45, 7) is 4.70. The summed E-state index contributed by atoms with van der Waals surface area (Å²) in [6.07, 6.45) is 0.861. The fraction of sp³-hybridized carbons (Fsp3) is 0.615. The molecular formula is C13H20N2O2. The van der Waals surface area contributed by atoms with Crippen molar-refractivity contribution in [1.29, 1.82) is 0 Å². The molecule has 1 fully saturated rings. The van der Waals surface area contributed by atoms with E-state index in [-0.39, 0.29) is 6.10 Å². The third-order valence-electron chi connectivity index (χ3n) is 3.37. The van der Waals surface area contributed by atoms with Crippen molar-refractivity contribution < 1.29 is 9.84 Å². The maximum absolute atomic E-state index is 9.56. The minimum Gasteiger partial charge on any atom is -0.481 e. The van der Waals surface area contributed by atoms with Gasteiger partial charge >= 0.3 is 0 Å². The van der Waals surface area contributed by atoms with Gasteiger partial charge in [0.2, 0.25) is 5.88 Å². The van der Waals surface area contributed by atoms with Crippen LogP contribution >= 0.6 is 0 Å². The molecule has 1 saturated heterocycles. The van der Waals surface area contributed by atoms with E-state index in [4.69, 9.17) is 4.74 Å². The molecule has 2 rings (SSSR count). The molecule has 17 heavy (non-hydrogen) atoms. The van der Waals surface area contributed by atoms with Crippen molar-refractivity contribution in [2.24, 2.45) is 5.92 Å². The highest BCUT2D eigenvalue weighted by atomic mass is 16.5. The third kappa shape index (κ3) is 3.17. The Labute approximate surface area is 102 Å². The lowest BCUT2D eigenvalue weighted by Crippen LogP contribution is -2.24. The van der Waals surface area contributed by atoms with Gasteiger partial charge in [0.25, 0.3) is 0 Å². The molecule has 0 bridgehead atoms. The van der Waals surface area contributed by atoms with Gasteiger partial charge in [-0.15, -0.1) is 0 Å². The first kappa shape index (κ1) is 12.3. The van der Waals surface area contributed by atoms with Gasteiger partial charge in [0.05, 0.1) is 18.9 Å². The Hall–Kier alpha value is -1.13. The summed E-state index contributed by atoms with van der Waals surface area (Å²) in [5, 5.41) is 9.56. The summed E-state index contributed by atoms with van der Waals surface area (Å²) in [5.74, 6) is 1.06. The number of aliphatic hydroxyl groups excluding tert-OH is 1. The normalized spacial score (nSPS) is 22.6. The van der Waals surface area contributed by atoms with Crippen LogP contribution in [-0.2, 0) is 6.54 Å². The first-order valence-corrected chi connectivity index (χ1v) is 6.09. The lowest BCUT2D eigenvalue weighted by molar-refractivity contribution is 0.127. The Morgan fingerprint density at radius 1 is 1.59 bits per heavy atom. The maximum atomic E-state index is 9.56. The lowest BCUT2D eigenvalue weighted by Gasteiger charge is -2.17. The van der Waals surface area contributed by atoms with Gasteiger partial charge in [-0.2, -0.15) is 0 Å². The molecule has 2 atom stereocenters. The van der Waals surface area contributed by atoms with Gasteiger partial charge in [-0.05, 0) is 31.9 Å². The van der Waals surface area contributed by atoms with Crippen molar-refractivity contribution in [1.82, 2.24) is 9.88 Å². The van der Waals surface area contributed by atoms with E-state index in [2.05, 4.69) is 9.88 Å². The zero-order valence-corrected chi connectivity index (χ0v) is 10.5. The zero-order valence-electron chi connectivity index (χ0n) is 10.5. The van der Waals surface area contributed by atoms with E-state index in [1.165, 1.54) is 0 Å². The SMILES string of the molecule is COc1cccc(CN2CCC(C(C)O)C2)n1. The molecule has 1 aliphatic heterocycles. The minimum absolute atomic E-state index is 0.210. The zero-order chi connectivity index (χ0) is 12.3. The predicted octanol–water partition coefficient (Wildman–Crippen LogP) is 1.29. The molecule has 0 spiro atoms. The topological polar surface area (TPSA) is 45.6 Å². The first-order valence-electron chi connectivity index (χ1n) is 6.09. The number of hydrogen-bond donors (Lipinski definition) is 1. The number of methoxy groups -OCH3 is 1. The second-order valence-corrected chi connectivity index (χ2v) is 4.70. The Kier molecular flexibility index (Phi) is 3.97. The molecule has 1 aromatic heterocycles. The van der Waals surface area contributed by atoms with Crippen LogP contribution in [0.15, 0.2) is 18.2 Å². The molecule has 2 unspecified atom stereocenters. The van der Waals surface area contributed by atoms with Gasteiger partial charge in [-0.1, -0.05) is 6.07 Å². The Balaban J connectivity index is 1.93. The number of likely N-dealkylation sites (tertiary alicyclic amines) is 1. The predicted molar refractivity (Wildman–Crippen MR) is 65.9 cm³/mol. The molecule has 2 heterocycles. The highest BCUT2D eigenvalue weighted by molar-refractivity contribution is 5.15. The Bertz CT molecular complexity index is 368. The fourth-order valence-corrected chi connectivity index (χ4v) is 2.29. The van der Waals surface area contributed by atoms with Gasteiger partial charge in [0.1, 0.15) is 0 Å². The Morgan fingerprint density at radius 2 is 2.41 bits per heavy atom. The second kappa shape index (κ2) is 5.47. The summed E-state index contributed by atoms with van der Waals surface area (Å²) in [6, 6.07) is 5.83. The monoisotopic (exact) mass is 236 g/mol. The van der Waals surface area contributed by atoms with E-state index >= 15 is 0 Å². The van der Waals surface area contributed by atoms with Crippen molar-refractivity contribution in [2.75, 3.05) is 20.2 Å². The highest BCUT2D eigenvalue weighted by Gasteiger charge is 2.25. The Morgan fingerprint density at radius 3 is 3.06 bits per heavy atom. The number of hydrogen-bond acceptors (Lipinski definition) is 4. The summed E-state index contributed by atoms with van der Waals surface area (Å²) in [4.78, 5) is 6.73. The largest absolute Gasteiger partial charge is 0.481 e. The fourth-order valence-electron chi connectivity index (χ4n) is 2.29. The van der Waals surface area contributed by atoms with Gasteiger partial charge in [-0.25, -0.2) is 4.98 Å². The van der Waals surface area contributed by atoms with E-state index in [9.17, 15) is 5.11 Å². The number of ether oxygens (including phenoxy) is 1. The molecule has 4 heteroatoms. The van der Waals surface area contributed by atoms with Crippen LogP contribution in [0.3, 0.4) is 0 Å². The van der Waals surface area contributed by atoms with Crippen LogP contribution in [0, 0.1) is 5.92 Å². The number of aromatic nitrogens is 1. The highest BCUT2D eigenvalue weighted by Crippen LogP contribution is 2.21. The van der Waals surface area contributed by atoms with Crippen LogP contribution in [-0.4, -0.2) is 41.3 Å². The molecule has 0 amide bonds. The number of nitrogens with zero attached hydrogens (tertiary/aromatic N) is 2. The number of rotatable bonds is 4. The van der Waals surface area contributed by atoms with Crippen LogP contribution in [0.5, 0.6) is 5.88 Å². The number of pyridine rings is 1. The molecule has 0 saturated carbocycles. The number of aliphatic hydroxyl groups is 1. The van der Waals surface area contributed by atoms with E-state index in [0.29, 0.717) is 11.8 Å². The molecule has 0 aromatic carbocycles.